The van der Waals surface area contributed by atoms with Gasteiger partial charge in [0, 0.05) is 5.69 Å². The lowest BCUT2D eigenvalue weighted by molar-refractivity contribution is 0.416. The van der Waals surface area contributed by atoms with Crippen LogP contribution in [-0.2, 0) is 6.42 Å². The van der Waals surface area contributed by atoms with Crippen LogP contribution in [-0.4, -0.2) is 26.9 Å². The normalized spacial score (nSPS) is 11.0. The average Bonchev–Trinajstić information content (AvgIpc) is 3.22. The number of benzene rings is 2. The number of para-hydroxylation sites is 1. The summed E-state index contributed by atoms with van der Waals surface area (Å²) in [6.07, 6.45) is 1.03. The molecule has 0 spiro atoms. The molecule has 4 aromatic rings. The van der Waals surface area contributed by atoms with E-state index < -0.39 is 0 Å². The molecule has 1 N–H and O–H groups in total. The maximum Gasteiger partial charge on any atom is 0.236 e. The van der Waals surface area contributed by atoms with E-state index >= 15 is 0 Å². The number of hydrogen-bond acceptors (Lipinski definition) is 6. The average molecular weight is 351 g/mol. The third-order valence-electron chi connectivity index (χ3n) is 3.95. The van der Waals surface area contributed by atoms with Crippen LogP contribution in [0.1, 0.15) is 12.5 Å². The van der Waals surface area contributed by atoms with Gasteiger partial charge in [-0.05, 0) is 36.2 Å². The molecule has 2 aromatic heterocycles. The number of aryl methyl sites for hydroxylation is 1. The van der Waals surface area contributed by atoms with Crippen LogP contribution in [0.25, 0.3) is 16.3 Å². The van der Waals surface area contributed by atoms with Crippen LogP contribution in [0.4, 0.5) is 10.8 Å². The summed E-state index contributed by atoms with van der Waals surface area (Å²) in [5, 5.41) is 17.2. The van der Waals surface area contributed by atoms with Gasteiger partial charge in [-0.25, -0.2) is 0 Å². The summed E-state index contributed by atoms with van der Waals surface area (Å²) in [6.45, 7) is 2.14. The second-order valence-corrected chi connectivity index (χ2v) is 6.46. The number of fused-ring (bicyclic) bond motifs is 1. The number of anilines is 2. The van der Waals surface area contributed by atoms with Crippen molar-refractivity contribution < 1.29 is 4.74 Å². The van der Waals surface area contributed by atoms with Crippen LogP contribution in [0.2, 0.25) is 0 Å². The molecule has 0 fully saturated rings. The van der Waals surface area contributed by atoms with Gasteiger partial charge in [0.25, 0.3) is 0 Å². The molecule has 25 heavy (non-hydrogen) atoms. The Kier molecular flexibility index (Phi) is 4.07. The number of nitrogens with zero attached hydrogens (tertiary/aromatic N) is 4. The Morgan fingerprint density at radius 3 is 2.64 bits per heavy atom. The van der Waals surface area contributed by atoms with Crippen molar-refractivity contribution >= 4 is 27.1 Å². The van der Waals surface area contributed by atoms with Crippen molar-refractivity contribution in [2.75, 3.05) is 12.4 Å². The lowest BCUT2D eigenvalue weighted by atomic mass is 10.1. The summed E-state index contributed by atoms with van der Waals surface area (Å²) in [4.78, 5) is 0.730. The van der Waals surface area contributed by atoms with E-state index in [9.17, 15) is 0 Å². The van der Waals surface area contributed by atoms with E-state index in [-0.39, 0.29) is 0 Å². The summed E-state index contributed by atoms with van der Waals surface area (Å²) in [7, 11) is 1.64. The predicted molar refractivity (Wildman–Crippen MR) is 99.7 cm³/mol. The highest BCUT2D eigenvalue weighted by molar-refractivity contribution is 7.20. The standard InChI is InChI=1S/C18H17N5OS/c1-3-12-8-10-13(11-9-12)19-17-22-23-16(20-21-18(23)25-17)14-6-4-5-7-15(14)24-2/h4-11H,3H2,1-2H3,(H,19,22). The monoisotopic (exact) mass is 351 g/mol. The number of hydrogen-bond donors (Lipinski definition) is 1. The molecule has 4 rings (SSSR count). The van der Waals surface area contributed by atoms with Gasteiger partial charge in [0.05, 0.1) is 12.7 Å². The summed E-state index contributed by atoms with van der Waals surface area (Å²) in [5.74, 6) is 1.41. The van der Waals surface area contributed by atoms with E-state index in [1.807, 2.05) is 24.3 Å². The molecule has 0 amide bonds. The zero-order valence-corrected chi connectivity index (χ0v) is 14.7. The van der Waals surface area contributed by atoms with Gasteiger partial charge in [0.15, 0.2) is 5.82 Å². The molecular weight excluding hydrogens is 334 g/mol. The number of ether oxygens (including phenoxy) is 1. The lowest BCUT2D eigenvalue weighted by Crippen LogP contribution is -1.96. The minimum Gasteiger partial charge on any atom is -0.496 e. The first kappa shape index (κ1) is 15.6. The van der Waals surface area contributed by atoms with Crippen LogP contribution < -0.4 is 10.1 Å². The van der Waals surface area contributed by atoms with Crippen LogP contribution in [0.15, 0.2) is 48.5 Å². The number of aromatic nitrogens is 4. The maximum absolute atomic E-state index is 5.42. The molecule has 0 aliphatic rings. The first-order chi connectivity index (χ1) is 12.3. The fourth-order valence-corrected chi connectivity index (χ4v) is 3.37. The summed E-state index contributed by atoms with van der Waals surface area (Å²) in [5.41, 5.74) is 3.17. The fourth-order valence-electron chi connectivity index (χ4n) is 2.61. The Bertz CT molecular complexity index is 1010. The first-order valence-electron chi connectivity index (χ1n) is 8.00. The van der Waals surface area contributed by atoms with Crippen LogP contribution in [0, 0.1) is 0 Å². The maximum atomic E-state index is 5.42. The van der Waals surface area contributed by atoms with E-state index in [2.05, 4.69) is 51.8 Å². The Morgan fingerprint density at radius 2 is 1.88 bits per heavy atom. The molecule has 126 valence electrons. The van der Waals surface area contributed by atoms with Crippen molar-refractivity contribution in [3.05, 3.63) is 54.1 Å². The number of nitrogens with one attached hydrogen (secondary N) is 1. The SMILES string of the molecule is CCc1ccc(Nc2nn3c(-c4ccccc4OC)nnc3s2)cc1. The Morgan fingerprint density at radius 1 is 1.08 bits per heavy atom. The molecule has 0 atom stereocenters. The molecule has 0 saturated carbocycles. The second-order valence-electron chi connectivity index (χ2n) is 5.50. The summed E-state index contributed by atoms with van der Waals surface area (Å²) >= 11 is 1.46. The van der Waals surface area contributed by atoms with Gasteiger partial charge < -0.3 is 10.1 Å². The smallest absolute Gasteiger partial charge is 0.236 e. The lowest BCUT2D eigenvalue weighted by Gasteiger charge is -2.05. The topological polar surface area (TPSA) is 64.3 Å². The van der Waals surface area contributed by atoms with Crippen molar-refractivity contribution in [3.63, 3.8) is 0 Å². The zero-order valence-electron chi connectivity index (χ0n) is 13.9. The third-order valence-corrected chi connectivity index (χ3v) is 4.77. The highest BCUT2D eigenvalue weighted by Crippen LogP contribution is 2.31. The molecule has 0 aliphatic heterocycles. The van der Waals surface area contributed by atoms with E-state index in [1.165, 1.54) is 16.9 Å². The van der Waals surface area contributed by atoms with Crippen LogP contribution in [0.5, 0.6) is 5.75 Å². The van der Waals surface area contributed by atoms with Gasteiger partial charge in [0.2, 0.25) is 10.1 Å². The van der Waals surface area contributed by atoms with Gasteiger partial charge in [0.1, 0.15) is 5.75 Å². The molecule has 6 nitrogen and oxygen atoms in total. The molecule has 0 radical (unpaired) electrons. The Balaban J connectivity index is 1.68. The Labute approximate surface area is 149 Å². The molecule has 0 bridgehead atoms. The first-order valence-corrected chi connectivity index (χ1v) is 8.81. The quantitative estimate of drug-likeness (QED) is 0.585. The molecule has 0 aliphatic carbocycles. The highest BCUT2D eigenvalue weighted by atomic mass is 32.1. The summed E-state index contributed by atoms with van der Waals surface area (Å²) < 4.78 is 7.16. The fraction of sp³-hybridized carbons (Fsp3) is 0.167. The minimum atomic E-state index is 0.665. The van der Waals surface area contributed by atoms with Crippen molar-refractivity contribution in [3.8, 4) is 17.1 Å². The molecule has 7 heteroatoms. The van der Waals surface area contributed by atoms with Gasteiger partial charge in [-0.2, -0.15) is 4.52 Å². The van der Waals surface area contributed by atoms with E-state index in [1.54, 1.807) is 11.6 Å². The third kappa shape index (κ3) is 2.94. The predicted octanol–water partition coefficient (Wildman–Crippen LogP) is 4.17. The molecule has 0 unspecified atom stereocenters. The van der Waals surface area contributed by atoms with Gasteiger partial charge in [-0.3, -0.25) is 0 Å². The molecule has 2 heterocycles. The van der Waals surface area contributed by atoms with E-state index in [0.717, 1.165) is 33.5 Å². The van der Waals surface area contributed by atoms with Gasteiger partial charge >= 0.3 is 0 Å². The van der Waals surface area contributed by atoms with Crippen molar-refractivity contribution in [1.29, 1.82) is 0 Å². The molecule has 2 aromatic carbocycles. The van der Waals surface area contributed by atoms with Gasteiger partial charge in [-0.15, -0.1) is 15.3 Å². The van der Waals surface area contributed by atoms with Crippen molar-refractivity contribution in [1.82, 2.24) is 19.8 Å². The Hall–Kier alpha value is -2.93. The molecular formula is C18H17N5OS. The van der Waals surface area contributed by atoms with Crippen LogP contribution >= 0.6 is 11.3 Å². The summed E-state index contributed by atoms with van der Waals surface area (Å²) in [6, 6.07) is 16.1. The number of methoxy groups -OCH3 is 1. The largest absolute Gasteiger partial charge is 0.496 e. The second kappa shape index (κ2) is 6.52. The van der Waals surface area contributed by atoms with Gasteiger partial charge in [-0.1, -0.05) is 42.5 Å². The van der Waals surface area contributed by atoms with Crippen LogP contribution in [0.3, 0.4) is 0 Å². The minimum absolute atomic E-state index is 0.665. The van der Waals surface area contributed by atoms with Crippen molar-refractivity contribution in [2.45, 2.75) is 13.3 Å². The van der Waals surface area contributed by atoms with E-state index in [0.29, 0.717) is 5.82 Å². The number of rotatable bonds is 5. The van der Waals surface area contributed by atoms with E-state index in [4.69, 9.17) is 4.74 Å². The zero-order chi connectivity index (χ0) is 17.2. The van der Waals surface area contributed by atoms with Crippen molar-refractivity contribution in [2.24, 2.45) is 0 Å². The highest BCUT2D eigenvalue weighted by Gasteiger charge is 2.16. The molecule has 0 saturated heterocycles.